The standard InChI is InChI=1S/C16H10ClFN2O/c17-13-3-1-2-12-14(8-9-19-15(12)13)20-16(21)10-4-6-11(18)7-5-10/h1-9H,(H,19,20,21). The number of para-hydroxylation sites is 1. The van der Waals surface area contributed by atoms with Crippen LogP contribution in [0.1, 0.15) is 10.4 Å². The number of pyridine rings is 1. The zero-order chi connectivity index (χ0) is 14.8. The van der Waals surface area contributed by atoms with Gasteiger partial charge in [-0.15, -0.1) is 0 Å². The van der Waals surface area contributed by atoms with Crippen molar-refractivity contribution in [2.24, 2.45) is 0 Å². The van der Waals surface area contributed by atoms with Crippen LogP contribution >= 0.6 is 11.6 Å². The molecule has 0 saturated carbocycles. The minimum absolute atomic E-state index is 0.317. The molecular formula is C16H10ClFN2O. The molecule has 21 heavy (non-hydrogen) atoms. The first-order chi connectivity index (χ1) is 10.1. The molecule has 0 radical (unpaired) electrons. The van der Waals surface area contributed by atoms with Gasteiger partial charge in [0.05, 0.1) is 16.2 Å². The number of hydrogen-bond acceptors (Lipinski definition) is 2. The van der Waals surface area contributed by atoms with E-state index in [2.05, 4.69) is 10.3 Å². The molecule has 0 spiro atoms. The lowest BCUT2D eigenvalue weighted by atomic mass is 10.1. The van der Waals surface area contributed by atoms with Crippen LogP contribution in [-0.2, 0) is 0 Å². The third-order valence-electron chi connectivity index (χ3n) is 3.08. The van der Waals surface area contributed by atoms with Crippen molar-refractivity contribution in [3.8, 4) is 0 Å². The fraction of sp³-hybridized carbons (Fsp3) is 0. The largest absolute Gasteiger partial charge is 0.321 e. The van der Waals surface area contributed by atoms with E-state index in [1.54, 1.807) is 24.4 Å². The summed E-state index contributed by atoms with van der Waals surface area (Å²) >= 11 is 6.08. The molecule has 0 aliphatic carbocycles. The van der Waals surface area contributed by atoms with Crippen molar-refractivity contribution < 1.29 is 9.18 Å². The number of carbonyl (C=O) groups is 1. The molecule has 104 valence electrons. The van der Waals surface area contributed by atoms with Crippen LogP contribution in [0.4, 0.5) is 10.1 Å². The van der Waals surface area contributed by atoms with E-state index in [9.17, 15) is 9.18 Å². The Kier molecular flexibility index (Phi) is 3.54. The molecule has 0 atom stereocenters. The molecule has 3 nitrogen and oxygen atoms in total. The summed E-state index contributed by atoms with van der Waals surface area (Å²) in [4.78, 5) is 16.4. The average molecular weight is 301 g/mol. The van der Waals surface area contributed by atoms with Crippen LogP contribution in [0.2, 0.25) is 5.02 Å². The van der Waals surface area contributed by atoms with Crippen LogP contribution in [0.25, 0.3) is 10.9 Å². The second kappa shape index (κ2) is 5.50. The number of hydrogen-bond donors (Lipinski definition) is 1. The van der Waals surface area contributed by atoms with Crippen molar-refractivity contribution in [1.82, 2.24) is 4.98 Å². The number of anilines is 1. The molecule has 1 heterocycles. The van der Waals surface area contributed by atoms with Crippen molar-refractivity contribution in [2.45, 2.75) is 0 Å². The van der Waals surface area contributed by atoms with Gasteiger partial charge in [-0.05, 0) is 36.4 Å². The lowest BCUT2D eigenvalue weighted by molar-refractivity contribution is 0.102. The second-order valence-electron chi connectivity index (χ2n) is 4.46. The van der Waals surface area contributed by atoms with Crippen molar-refractivity contribution in [3.63, 3.8) is 0 Å². The van der Waals surface area contributed by atoms with Crippen molar-refractivity contribution >= 4 is 34.1 Å². The molecule has 3 rings (SSSR count). The number of fused-ring (bicyclic) bond motifs is 1. The van der Waals surface area contributed by atoms with Gasteiger partial charge < -0.3 is 5.32 Å². The molecule has 2 aromatic carbocycles. The van der Waals surface area contributed by atoms with E-state index in [0.717, 1.165) is 5.39 Å². The summed E-state index contributed by atoms with van der Waals surface area (Å²) < 4.78 is 12.9. The maximum absolute atomic E-state index is 12.9. The minimum atomic E-state index is -0.382. The van der Waals surface area contributed by atoms with E-state index in [4.69, 9.17) is 11.6 Å². The van der Waals surface area contributed by atoms with E-state index in [-0.39, 0.29) is 11.7 Å². The van der Waals surface area contributed by atoms with Crippen LogP contribution in [-0.4, -0.2) is 10.9 Å². The number of nitrogens with one attached hydrogen (secondary N) is 1. The number of benzene rings is 2. The van der Waals surface area contributed by atoms with Gasteiger partial charge in [0.1, 0.15) is 5.82 Å². The van der Waals surface area contributed by atoms with Gasteiger partial charge >= 0.3 is 0 Å². The highest BCUT2D eigenvalue weighted by Gasteiger charge is 2.10. The van der Waals surface area contributed by atoms with Gasteiger partial charge in [-0.1, -0.05) is 23.7 Å². The Morgan fingerprint density at radius 1 is 1.10 bits per heavy atom. The summed E-state index contributed by atoms with van der Waals surface area (Å²) in [7, 11) is 0. The van der Waals surface area contributed by atoms with E-state index >= 15 is 0 Å². The number of nitrogens with zero attached hydrogens (tertiary/aromatic N) is 1. The van der Waals surface area contributed by atoms with Crippen LogP contribution in [0.3, 0.4) is 0 Å². The molecule has 0 fully saturated rings. The third-order valence-corrected chi connectivity index (χ3v) is 3.38. The first-order valence-electron chi connectivity index (χ1n) is 6.25. The van der Waals surface area contributed by atoms with E-state index in [1.165, 1.54) is 24.3 Å². The number of carbonyl (C=O) groups excluding carboxylic acids is 1. The lowest BCUT2D eigenvalue weighted by Gasteiger charge is -2.09. The normalized spacial score (nSPS) is 10.6. The highest BCUT2D eigenvalue weighted by Crippen LogP contribution is 2.27. The Morgan fingerprint density at radius 3 is 2.62 bits per heavy atom. The molecule has 0 bridgehead atoms. The summed E-state index contributed by atoms with van der Waals surface area (Å²) in [5.74, 6) is -0.699. The topological polar surface area (TPSA) is 42.0 Å². The van der Waals surface area contributed by atoms with Crippen LogP contribution in [0.15, 0.2) is 54.7 Å². The number of halogens is 2. The Hall–Kier alpha value is -2.46. The predicted molar refractivity (Wildman–Crippen MR) is 81.1 cm³/mol. The molecule has 5 heteroatoms. The Labute approximate surface area is 125 Å². The van der Waals surface area contributed by atoms with Crippen molar-refractivity contribution in [2.75, 3.05) is 5.32 Å². The zero-order valence-corrected chi connectivity index (χ0v) is 11.6. The van der Waals surface area contributed by atoms with E-state index in [1.807, 2.05) is 6.07 Å². The summed E-state index contributed by atoms with van der Waals surface area (Å²) in [5, 5.41) is 4.06. The highest BCUT2D eigenvalue weighted by molar-refractivity contribution is 6.35. The zero-order valence-electron chi connectivity index (χ0n) is 10.8. The Bertz CT molecular complexity index is 818. The quantitative estimate of drug-likeness (QED) is 0.767. The van der Waals surface area contributed by atoms with Crippen LogP contribution in [0.5, 0.6) is 0 Å². The third kappa shape index (κ3) is 2.71. The number of aromatic nitrogens is 1. The van der Waals surface area contributed by atoms with Crippen LogP contribution in [0, 0.1) is 5.82 Å². The fourth-order valence-corrected chi connectivity index (χ4v) is 2.27. The van der Waals surface area contributed by atoms with Gasteiger partial charge in [-0.2, -0.15) is 0 Å². The Balaban J connectivity index is 1.96. The number of rotatable bonds is 2. The first kappa shape index (κ1) is 13.5. The minimum Gasteiger partial charge on any atom is -0.321 e. The van der Waals surface area contributed by atoms with Crippen molar-refractivity contribution in [3.05, 3.63) is 71.1 Å². The van der Waals surface area contributed by atoms with Gasteiger partial charge in [0.2, 0.25) is 0 Å². The molecule has 0 aliphatic rings. The lowest BCUT2D eigenvalue weighted by Crippen LogP contribution is -2.12. The second-order valence-corrected chi connectivity index (χ2v) is 4.86. The van der Waals surface area contributed by atoms with Crippen molar-refractivity contribution in [1.29, 1.82) is 0 Å². The summed E-state index contributed by atoms with van der Waals surface area (Å²) in [6.07, 6.45) is 1.58. The van der Waals surface area contributed by atoms with Gasteiger partial charge in [-0.3, -0.25) is 9.78 Å². The van der Waals surface area contributed by atoms with E-state index < -0.39 is 0 Å². The molecule has 3 aromatic rings. The summed E-state index contributed by atoms with van der Waals surface area (Å²) in [5.41, 5.74) is 1.61. The molecule has 0 aliphatic heterocycles. The fourth-order valence-electron chi connectivity index (χ4n) is 2.04. The summed E-state index contributed by atoms with van der Waals surface area (Å²) in [6.45, 7) is 0. The molecule has 0 saturated heterocycles. The molecule has 0 unspecified atom stereocenters. The van der Waals surface area contributed by atoms with Gasteiger partial charge in [0.25, 0.3) is 5.91 Å². The number of amides is 1. The van der Waals surface area contributed by atoms with Gasteiger partial charge in [0, 0.05) is 17.1 Å². The van der Waals surface area contributed by atoms with E-state index in [0.29, 0.717) is 21.8 Å². The maximum atomic E-state index is 12.9. The molecule has 1 N–H and O–H groups in total. The van der Waals surface area contributed by atoms with Crippen LogP contribution < -0.4 is 5.32 Å². The summed E-state index contributed by atoms with van der Waals surface area (Å²) in [6, 6.07) is 12.4. The average Bonchev–Trinajstić information content (AvgIpc) is 2.49. The highest BCUT2D eigenvalue weighted by atomic mass is 35.5. The monoisotopic (exact) mass is 300 g/mol. The smallest absolute Gasteiger partial charge is 0.255 e. The molecule has 1 amide bonds. The first-order valence-corrected chi connectivity index (χ1v) is 6.63. The van der Waals surface area contributed by atoms with Gasteiger partial charge in [0.15, 0.2) is 0 Å². The SMILES string of the molecule is O=C(Nc1ccnc2c(Cl)cccc12)c1ccc(F)cc1. The molecule has 1 aromatic heterocycles. The molecular weight excluding hydrogens is 291 g/mol. The maximum Gasteiger partial charge on any atom is 0.255 e. The Morgan fingerprint density at radius 2 is 1.86 bits per heavy atom. The van der Waals surface area contributed by atoms with Gasteiger partial charge in [-0.25, -0.2) is 4.39 Å². The predicted octanol–water partition coefficient (Wildman–Crippen LogP) is 4.28.